The SMILES string of the molecule is CCOC(=O)c1c(-c2ccc(C)cc2)csc1NC(=O)COC(C)=O. The first kappa shape index (κ1) is 18.7. The van der Waals surface area contributed by atoms with E-state index in [9.17, 15) is 14.4 Å². The molecule has 0 bridgehead atoms. The van der Waals surface area contributed by atoms with E-state index in [0.29, 0.717) is 16.1 Å². The fraction of sp³-hybridized carbons (Fsp3) is 0.278. The van der Waals surface area contributed by atoms with Crippen molar-refractivity contribution < 1.29 is 23.9 Å². The Labute approximate surface area is 149 Å². The molecule has 0 aliphatic heterocycles. The fourth-order valence-corrected chi connectivity index (χ4v) is 3.10. The van der Waals surface area contributed by atoms with Gasteiger partial charge in [-0.3, -0.25) is 9.59 Å². The molecular weight excluding hydrogens is 342 g/mol. The smallest absolute Gasteiger partial charge is 0.341 e. The summed E-state index contributed by atoms with van der Waals surface area (Å²) in [7, 11) is 0. The Balaban J connectivity index is 2.33. The van der Waals surface area contributed by atoms with Crippen molar-refractivity contribution in [3.8, 4) is 11.1 Å². The third-order valence-corrected chi connectivity index (χ3v) is 4.19. The molecule has 0 fully saturated rings. The number of ether oxygens (including phenoxy) is 2. The van der Waals surface area contributed by atoms with Gasteiger partial charge >= 0.3 is 11.9 Å². The zero-order valence-electron chi connectivity index (χ0n) is 14.3. The number of hydrogen-bond donors (Lipinski definition) is 1. The van der Waals surface area contributed by atoms with Crippen LogP contribution in [0, 0.1) is 6.92 Å². The molecule has 132 valence electrons. The highest BCUT2D eigenvalue weighted by atomic mass is 32.1. The van der Waals surface area contributed by atoms with Gasteiger partial charge in [-0.25, -0.2) is 4.79 Å². The minimum absolute atomic E-state index is 0.225. The Bertz CT molecular complexity index is 779. The van der Waals surface area contributed by atoms with Crippen LogP contribution in [0.1, 0.15) is 29.8 Å². The number of hydrogen-bond acceptors (Lipinski definition) is 6. The van der Waals surface area contributed by atoms with E-state index < -0.39 is 24.5 Å². The molecular formula is C18H19NO5S. The lowest BCUT2D eigenvalue weighted by Crippen LogP contribution is -2.20. The Morgan fingerprint density at radius 3 is 2.40 bits per heavy atom. The third-order valence-electron chi connectivity index (χ3n) is 3.29. The largest absolute Gasteiger partial charge is 0.462 e. The monoisotopic (exact) mass is 361 g/mol. The van der Waals surface area contributed by atoms with E-state index in [4.69, 9.17) is 4.74 Å². The number of anilines is 1. The highest BCUT2D eigenvalue weighted by Crippen LogP contribution is 2.36. The maximum atomic E-state index is 12.4. The van der Waals surface area contributed by atoms with Crippen LogP contribution in [0.3, 0.4) is 0 Å². The summed E-state index contributed by atoms with van der Waals surface area (Å²) in [6.07, 6.45) is 0. The first-order valence-corrected chi connectivity index (χ1v) is 8.59. The van der Waals surface area contributed by atoms with Gasteiger partial charge in [-0.2, -0.15) is 0 Å². The van der Waals surface area contributed by atoms with Gasteiger partial charge in [-0.1, -0.05) is 29.8 Å². The Kier molecular flexibility index (Phi) is 6.30. The molecule has 0 atom stereocenters. The van der Waals surface area contributed by atoms with Crippen LogP contribution < -0.4 is 5.32 Å². The van der Waals surface area contributed by atoms with E-state index in [1.54, 1.807) is 12.3 Å². The van der Waals surface area contributed by atoms with Gasteiger partial charge in [0.05, 0.1) is 6.61 Å². The summed E-state index contributed by atoms with van der Waals surface area (Å²) in [6.45, 7) is 4.73. The molecule has 0 aliphatic rings. The van der Waals surface area contributed by atoms with Crippen molar-refractivity contribution in [2.75, 3.05) is 18.5 Å². The van der Waals surface area contributed by atoms with E-state index in [1.807, 2.05) is 31.2 Å². The van der Waals surface area contributed by atoms with Crippen LogP contribution in [0.5, 0.6) is 0 Å². The van der Waals surface area contributed by atoms with E-state index in [1.165, 1.54) is 18.3 Å². The summed E-state index contributed by atoms with van der Waals surface area (Å²) >= 11 is 1.22. The highest BCUT2D eigenvalue weighted by Gasteiger charge is 2.23. The summed E-state index contributed by atoms with van der Waals surface area (Å²) < 4.78 is 9.79. The Morgan fingerprint density at radius 1 is 1.12 bits per heavy atom. The van der Waals surface area contributed by atoms with Gasteiger partial charge in [0.2, 0.25) is 0 Å². The van der Waals surface area contributed by atoms with Crippen molar-refractivity contribution >= 4 is 34.2 Å². The molecule has 2 rings (SSSR count). The van der Waals surface area contributed by atoms with E-state index in [2.05, 4.69) is 10.1 Å². The molecule has 1 N–H and O–H groups in total. The molecule has 0 unspecified atom stereocenters. The second kappa shape index (κ2) is 8.43. The molecule has 0 aliphatic carbocycles. The maximum absolute atomic E-state index is 12.4. The lowest BCUT2D eigenvalue weighted by atomic mass is 10.0. The lowest BCUT2D eigenvalue weighted by molar-refractivity contribution is -0.144. The maximum Gasteiger partial charge on any atom is 0.341 e. The molecule has 25 heavy (non-hydrogen) atoms. The predicted molar refractivity (Wildman–Crippen MR) is 95.7 cm³/mol. The summed E-state index contributed by atoms with van der Waals surface area (Å²) in [5.74, 6) is -1.58. The molecule has 2 aromatic rings. The van der Waals surface area contributed by atoms with E-state index in [0.717, 1.165) is 11.1 Å². The van der Waals surface area contributed by atoms with Crippen LogP contribution in [-0.4, -0.2) is 31.1 Å². The first-order chi connectivity index (χ1) is 11.9. The van der Waals surface area contributed by atoms with Gasteiger partial charge in [0.1, 0.15) is 10.6 Å². The quantitative estimate of drug-likeness (QED) is 0.798. The van der Waals surface area contributed by atoms with Crippen molar-refractivity contribution in [1.29, 1.82) is 0 Å². The number of benzene rings is 1. The first-order valence-electron chi connectivity index (χ1n) is 7.71. The zero-order valence-corrected chi connectivity index (χ0v) is 15.1. The topological polar surface area (TPSA) is 81.7 Å². The number of nitrogens with one attached hydrogen (secondary N) is 1. The van der Waals surface area contributed by atoms with Gasteiger partial charge in [-0.15, -0.1) is 11.3 Å². The number of carbonyl (C=O) groups excluding carboxylic acids is 3. The summed E-state index contributed by atoms with van der Waals surface area (Å²) in [5, 5.41) is 4.77. The number of aryl methyl sites for hydroxylation is 1. The number of thiophene rings is 1. The second-order valence-corrected chi connectivity index (χ2v) is 6.15. The van der Waals surface area contributed by atoms with Crippen molar-refractivity contribution in [2.24, 2.45) is 0 Å². The van der Waals surface area contributed by atoms with Crippen molar-refractivity contribution in [1.82, 2.24) is 0 Å². The molecule has 6 nitrogen and oxygen atoms in total. The summed E-state index contributed by atoms with van der Waals surface area (Å²) in [6, 6.07) is 7.71. The minimum Gasteiger partial charge on any atom is -0.462 e. The molecule has 1 heterocycles. The number of esters is 2. The van der Waals surface area contributed by atoms with Crippen molar-refractivity contribution in [3.63, 3.8) is 0 Å². The average Bonchev–Trinajstić information content (AvgIpc) is 2.97. The Hall–Kier alpha value is -2.67. The van der Waals surface area contributed by atoms with Gasteiger partial charge in [0.15, 0.2) is 6.61 Å². The van der Waals surface area contributed by atoms with Gasteiger partial charge < -0.3 is 14.8 Å². The van der Waals surface area contributed by atoms with Crippen LogP contribution in [0.15, 0.2) is 29.6 Å². The average molecular weight is 361 g/mol. The van der Waals surface area contributed by atoms with Crippen LogP contribution in [-0.2, 0) is 19.1 Å². The van der Waals surface area contributed by atoms with Crippen molar-refractivity contribution in [3.05, 3.63) is 40.8 Å². The minimum atomic E-state index is -0.549. The van der Waals surface area contributed by atoms with Gasteiger partial charge in [-0.05, 0) is 19.4 Å². The molecule has 0 saturated carbocycles. The van der Waals surface area contributed by atoms with Gasteiger partial charge in [0.25, 0.3) is 5.91 Å². The second-order valence-electron chi connectivity index (χ2n) is 5.27. The highest BCUT2D eigenvalue weighted by molar-refractivity contribution is 7.15. The molecule has 0 saturated heterocycles. The zero-order chi connectivity index (χ0) is 18.4. The molecule has 1 amide bonds. The Morgan fingerprint density at radius 2 is 1.80 bits per heavy atom. The van der Waals surface area contributed by atoms with E-state index in [-0.39, 0.29) is 6.61 Å². The summed E-state index contributed by atoms with van der Waals surface area (Å²) in [4.78, 5) is 35.1. The van der Waals surface area contributed by atoms with Crippen LogP contribution in [0.25, 0.3) is 11.1 Å². The van der Waals surface area contributed by atoms with Crippen LogP contribution in [0.4, 0.5) is 5.00 Å². The summed E-state index contributed by atoms with van der Waals surface area (Å²) in [5.41, 5.74) is 2.94. The van der Waals surface area contributed by atoms with Crippen molar-refractivity contribution in [2.45, 2.75) is 20.8 Å². The molecule has 7 heteroatoms. The normalized spacial score (nSPS) is 10.2. The van der Waals surface area contributed by atoms with Crippen LogP contribution in [0.2, 0.25) is 0 Å². The van der Waals surface area contributed by atoms with E-state index >= 15 is 0 Å². The van der Waals surface area contributed by atoms with Crippen LogP contribution >= 0.6 is 11.3 Å². The molecule has 1 aromatic heterocycles. The molecule has 1 aromatic carbocycles. The predicted octanol–water partition coefficient (Wildman–Crippen LogP) is 3.40. The fourth-order valence-electron chi connectivity index (χ4n) is 2.13. The number of amides is 1. The number of rotatable bonds is 6. The lowest BCUT2D eigenvalue weighted by Gasteiger charge is -2.09. The molecule has 0 spiro atoms. The van der Waals surface area contributed by atoms with Gasteiger partial charge in [0, 0.05) is 17.9 Å². The standard InChI is InChI=1S/C18H19NO5S/c1-4-23-18(22)16-14(13-7-5-11(2)6-8-13)10-25-17(16)19-15(21)9-24-12(3)20/h5-8,10H,4,9H2,1-3H3,(H,19,21). The molecule has 0 radical (unpaired) electrons. The number of carbonyl (C=O) groups is 3. The third kappa shape index (κ3) is 4.90.